The minimum Gasteiger partial charge on any atom is -0.371 e. The number of aromatic nitrogens is 2. The van der Waals surface area contributed by atoms with Gasteiger partial charge in [-0.15, -0.1) is 0 Å². The van der Waals surface area contributed by atoms with E-state index in [0.29, 0.717) is 12.2 Å². The second kappa shape index (κ2) is 6.22. The van der Waals surface area contributed by atoms with Gasteiger partial charge in [0.2, 0.25) is 0 Å². The van der Waals surface area contributed by atoms with Crippen LogP contribution in [0, 0.1) is 0 Å². The molecule has 1 aliphatic heterocycles. The quantitative estimate of drug-likeness (QED) is 0.870. The fourth-order valence-corrected chi connectivity index (χ4v) is 3.10. The molecule has 6 heteroatoms. The van der Waals surface area contributed by atoms with E-state index >= 15 is 0 Å². The third-order valence-corrected chi connectivity index (χ3v) is 4.25. The standard InChI is InChI=1S/C15H18N4OS/c1-18(15(20)13-10-16-21-17-13)11-12-6-2-3-7-14(12)19-8-4-5-9-19/h2-3,6-7,10H,4-5,8-9,11H2,1H3. The van der Waals surface area contributed by atoms with Gasteiger partial charge in [-0.3, -0.25) is 4.79 Å². The smallest absolute Gasteiger partial charge is 0.275 e. The Morgan fingerprint density at radius 2 is 2.10 bits per heavy atom. The van der Waals surface area contributed by atoms with E-state index in [1.807, 2.05) is 13.1 Å². The Labute approximate surface area is 128 Å². The Balaban J connectivity index is 1.76. The van der Waals surface area contributed by atoms with Gasteiger partial charge in [0.15, 0.2) is 5.69 Å². The first-order valence-corrected chi connectivity index (χ1v) is 7.84. The van der Waals surface area contributed by atoms with Crippen molar-refractivity contribution in [2.45, 2.75) is 19.4 Å². The largest absolute Gasteiger partial charge is 0.371 e. The Hall–Kier alpha value is -1.95. The zero-order chi connectivity index (χ0) is 14.7. The lowest BCUT2D eigenvalue weighted by atomic mass is 10.1. The van der Waals surface area contributed by atoms with Gasteiger partial charge in [-0.25, -0.2) is 0 Å². The summed E-state index contributed by atoms with van der Waals surface area (Å²) in [7, 11) is 1.81. The molecule has 5 nitrogen and oxygen atoms in total. The van der Waals surface area contributed by atoms with Crippen LogP contribution in [0.4, 0.5) is 5.69 Å². The molecule has 1 amide bonds. The number of carbonyl (C=O) groups excluding carboxylic acids is 1. The van der Waals surface area contributed by atoms with E-state index in [-0.39, 0.29) is 5.91 Å². The molecule has 0 saturated carbocycles. The van der Waals surface area contributed by atoms with Crippen LogP contribution in [0.1, 0.15) is 28.9 Å². The summed E-state index contributed by atoms with van der Waals surface area (Å²) in [5.74, 6) is -0.0834. The molecular weight excluding hydrogens is 284 g/mol. The van der Waals surface area contributed by atoms with E-state index in [9.17, 15) is 4.79 Å². The Morgan fingerprint density at radius 3 is 2.81 bits per heavy atom. The molecule has 3 rings (SSSR count). The van der Waals surface area contributed by atoms with E-state index in [0.717, 1.165) is 24.8 Å². The molecule has 1 aromatic heterocycles. The second-order valence-corrected chi connectivity index (χ2v) is 5.83. The van der Waals surface area contributed by atoms with Crippen LogP contribution in [0.3, 0.4) is 0 Å². The van der Waals surface area contributed by atoms with Crippen LogP contribution >= 0.6 is 11.7 Å². The van der Waals surface area contributed by atoms with Crippen LogP contribution < -0.4 is 4.90 Å². The maximum Gasteiger partial charge on any atom is 0.275 e. The summed E-state index contributed by atoms with van der Waals surface area (Å²) in [6, 6.07) is 8.32. The monoisotopic (exact) mass is 302 g/mol. The fraction of sp³-hybridized carbons (Fsp3) is 0.400. The topological polar surface area (TPSA) is 49.3 Å². The first kappa shape index (κ1) is 14.0. The van der Waals surface area contributed by atoms with Crippen LogP contribution in [-0.2, 0) is 6.54 Å². The molecule has 0 unspecified atom stereocenters. The average Bonchev–Trinajstić information content (AvgIpc) is 3.20. The molecule has 1 aliphatic rings. The van der Waals surface area contributed by atoms with Gasteiger partial charge < -0.3 is 9.80 Å². The Bertz CT molecular complexity index is 608. The normalized spacial score (nSPS) is 14.4. The van der Waals surface area contributed by atoms with Gasteiger partial charge in [0.05, 0.1) is 17.9 Å². The molecule has 0 bridgehead atoms. The molecule has 1 saturated heterocycles. The van der Waals surface area contributed by atoms with Crippen LogP contribution in [-0.4, -0.2) is 39.7 Å². The van der Waals surface area contributed by atoms with Crippen molar-refractivity contribution >= 4 is 23.3 Å². The number of anilines is 1. The molecule has 21 heavy (non-hydrogen) atoms. The van der Waals surface area contributed by atoms with Crippen LogP contribution in [0.5, 0.6) is 0 Å². The number of hydrogen-bond acceptors (Lipinski definition) is 5. The van der Waals surface area contributed by atoms with Crippen LogP contribution in [0.2, 0.25) is 0 Å². The summed E-state index contributed by atoms with van der Waals surface area (Å²) in [6.07, 6.45) is 4.01. The van der Waals surface area contributed by atoms with Crippen molar-refractivity contribution in [3.8, 4) is 0 Å². The average molecular weight is 302 g/mol. The molecule has 1 fully saturated rings. The molecule has 110 valence electrons. The number of rotatable bonds is 4. The second-order valence-electron chi connectivity index (χ2n) is 5.28. The van der Waals surface area contributed by atoms with Crippen LogP contribution in [0.25, 0.3) is 0 Å². The summed E-state index contributed by atoms with van der Waals surface area (Å²) in [5.41, 5.74) is 2.84. The lowest BCUT2D eigenvalue weighted by Gasteiger charge is -2.24. The van der Waals surface area contributed by atoms with Gasteiger partial charge in [-0.2, -0.15) is 8.75 Å². The molecule has 2 aromatic rings. The third-order valence-electron chi connectivity index (χ3n) is 3.77. The van der Waals surface area contributed by atoms with E-state index in [2.05, 4.69) is 31.8 Å². The maximum absolute atomic E-state index is 12.3. The Morgan fingerprint density at radius 1 is 1.33 bits per heavy atom. The molecule has 0 aliphatic carbocycles. The zero-order valence-electron chi connectivity index (χ0n) is 12.0. The van der Waals surface area contributed by atoms with Crippen molar-refractivity contribution in [2.75, 3.05) is 25.0 Å². The third kappa shape index (κ3) is 3.05. The SMILES string of the molecule is CN(Cc1ccccc1N1CCCC1)C(=O)c1cnsn1. The van der Waals surface area contributed by atoms with Gasteiger partial charge in [0.25, 0.3) is 5.91 Å². The van der Waals surface area contributed by atoms with Crippen molar-refractivity contribution in [3.63, 3.8) is 0 Å². The predicted octanol–water partition coefficient (Wildman–Crippen LogP) is 2.41. The minimum absolute atomic E-state index is 0.0834. The maximum atomic E-state index is 12.3. The van der Waals surface area contributed by atoms with Crippen molar-refractivity contribution in [1.82, 2.24) is 13.6 Å². The lowest BCUT2D eigenvalue weighted by molar-refractivity contribution is 0.0780. The van der Waals surface area contributed by atoms with Crippen molar-refractivity contribution < 1.29 is 4.79 Å². The van der Waals surface area contributed by atoms with Crippen molar-refractivity contribution in [3.05, 3.63) is 41.7 Å². The van der Waals surface area contributed by atoms with Gasteiger partial charge in [-0.1, -0.05) is 18.2 Å². The van der Waals surface area contributed by atoms with E-state index in [4.69, 9.17) is 0 Å². The summed E-state index contributed by atoms with van der Waals surface area (Å²) in [6.45, 7) is 2.79. The molecular formula is C15H18N4OS. The highest BCUT2D eigenvalue weighted by Crippen LogP contribution is 2.25. The van der Waals surface area contributed by atoms with Gasteiger partial charge in [0, 0.05) is 32.4 Å². The predicted molar refractivity (Wildman–Crippen MR) is 83.6 cm³/mol. The van der Waals surface area contributed by atoms with Gasteiger partial charge >= 0.3 is 0 Å². The van der Waals surface area contributed by atoms with Crippen molar-refractivity contribution in [1.29, 1.82) is 0 Å². The first-order valence-electron chi connectivity index (χ1n) is 7.11. The minimum atomic E-state index is -0.0834. The number of hydrogen-bond donors (Lipinski definition) is 0. The summed E-state index contributed by atoms with van der Waals surface area (Å²) in [4.78, 5) is 16.4. The molecule has 2 heterocycles. The van der Waals surface area contributed by atoms with E-state index < -0.39 is 0 Å². The number of amides is 1. The summed E-state index contributed by atoms with van der Waals surface area (Å²) >= 11 is 1.06. The first-order chi connectivity index (χ1) is 10.3. The highest BCUT2D eigenvalue weighted by Gasteiger charge is 2.19. The molecule has 0 atom stereocenters. The van der Waals surface area contributed by atoms with Gasteiger partial charge in [0.1, 0.15) is 0 Å². The number of para-hydroxylation sites is 1. The molecule has 0 radical (unpaired) electrons. The van der Waals surface area contributed by atoms with E-state index in [1.165, 1.54) is 30.3 Å². The zero-order valence-corrected chi connectivity index (χ0v) is 12.8. The highest BCUT2D eigenvalue weighted by atomic mass is 32.1. The van der Waals surface area contributed by atoms with Gasteiger partial charge in [-0.05, 0) is 24.5 Å². The number of nitrogens with zero attached hydrogens (tertiary/aromatic N) is 4. The highest BCUT2D eigenvalue weighted by molar-refractivity contribution is 6.99. The number of benzene rings is 1. The van der Waals surface area contributed by atoms with Crippen molar-refractivity contribution in [2.24, 2.45) is 0 Å². The number of carbonyl (C=O) groups is 1. The fourth-order valence-electron chi connectivity index (χ4n) is 2.69. The molecule has 0 spiro atoms. The molecule has 0 N–H and O–H groups in total. The van der Waals surface area contributed by atoms with E-state index in [1.54, 1.807) is 4.90 Å². The molecule has 1 aromatic carbocycles. The lowest BCUT2D eigenvalue weighted by Crippen LogP contribution is -2.28. The van der Waals surface area contributed by atoms with Crippen LogP contribution in [0.15, 0.2) is 30.5 Å². The Kier molecular flexibility index (Phi) is 4.15. The summed E-state index contributed by atoms with van der Waals surface area (Å²) in [5, 5.41) is 0. The summed E-state index contributed by atoms with van der Waals surface area (Å²) < 4.78 is 7.90.